The molecular formula is C14H17ClN2O. The number of aliphatic hydroxyl groups is 1. The molecule has 0 amide bonds. The van der Waals surface area contributed by atoms with Crippen molar-refractivity contribution in [2.24, 2.45) is 0 Å². The van der Waals surface area contributed by atoms with E-state index in [0.29, 0.717) is 6.54 Å². The zero-order valence-corrected chi connectivity index (χ0v) is 11.6. The molecule has 2 aromatic rings. The minimum atomic E-state index is -0.777. The normalized spacial score (nSPS) is 11.8. The lowest BCUT2D eigenvalue weighted by Gasteiger charge is -2.16. The first-order chi connectivity index (χ1) is 8.35. The second kappa shape index (κ2) is 4.75. The Bertz CT molecular complexity index is 555. The summed E-state index contributed by atoms with van der Waals surface area (Å²) in [6.07, 6.45) is 3.66. The summed E-state index contributed by atoms with van der Waals surface area (Å²) in [5.74, 6) is 0. The maximum absolute atomic E-state index is 9.75. The van der Waals surface area contributed by atoms with Crippen LogP contribution in [0, 0.1) is 6.92 Å². The van der Waals surface area contributed by atoms with Gasteiger partial charge in [0.2, 0.25) is 0 Å². The second-order valence-corrected chi connectivity index (χ2v) is 5.63. The quantitative estimate of drug-likeness (QED) is 0.924. The molecule has 18 heavy (non-hydrogen) atoms. The molecule has 0 bridgehead atoms. The summed E-state index contributed by atoms with van der Waals surface area (Å²) in [6.45, 7) is 5.98. The van der Waals surface area contributed by atoms with E-state index in [0.717, 1.165) is 21.7 Å². The summed E-state index contributed by atoms with van der Waals surface area (Å²) in [6, 6.07) is 5.95. The molecule has 0 fully saturated rings. The molecule has 3 nitrogen and oxygen atoms in total. The van der Waals surface area contributed by atoms with E-state index >= 15 is 0 Å². The van der Waals surface area contributed by atoms with Crippen molar-refractivity contribution < 1.29 is 5.11 Å². The molecule has 0 aliphatic rings. The predicted octanol–water partition coefficient (Wildman–Crippen LogP) is 3.28. The van der Waals surface area contributed by atoms with Crippen molar-refractivity contribution in [3.05, 3.63) is 41.2 Å². The van der Waals surface area contributed by atoms with Crippen molar-refractivity contribution >= 4 is 11.6 Å². The van der Waals surface area contributed by atoms with Crippen LogP contribution in [0.1, 0.15) is 19.4 Å². The molecule has 96 valence electrons. The van der Waals surface area contributed by atoms with Crippen LogP contribution >= 0.6 is 11.6 Å². The molecule has 0 saturated heterocycles. The first-order valence-corrected chi connectivity index (χ1v) is 6.24. The summed E-state index contributed by atoms with van der Waals surface area (Å²) in [4.78, 5) is 0. The minimum absolute atomic E-state index is 0.455. The van der Waals surface area contributed by atoms with Crippen LogP contribution < -0.4 is 0 Å². The van der Waals surface area contributed by atoms with E-state index in [9.17, 15) is 5.11 Å². The van der Waals surface area contributed by atoms with Gasteiger partial charge in [0, 0.05) is 22.3 Å². The number of hydrogen-bond donors (Lipinski definition) is 1. The maximum atomic E-state index is 9.75. The smallest absolute Gasteiger partial charge is 0.0786 e. The first-order valence-electron chi connectivity index (χ1n) is 5.86. The van der Waals surface area contributed by atoms with E-state index in [1.54, 1.807) is 24.7 Å². The summed E-state index contributed by atoms with van der Waals surface area (Å²) >= 11 is 6.22. The van der Waals surface area contributed by atoms with Gasteiger partial charge in [0.05, 0.1) is 18.3 Å². The molecule has 2 rings (SSSR count). The van der Waals surface area contributed by atoms with Gasteiger partial charge in [-0.3, -0.25) is 4.68 Å². The molecule has 0 radical (unpaired) electrons. The van der Waals surface area contributed by atoms with E-state index in [2.05, 4.69) is 5.10 Å². The van der Waals surface area contributed by atoms with Gasteiger partial charge in [0.1, 0.15) is 0 Å². The molecule has 4 heteroatoms. The monoisotopic (exact) mass is 264 g/mol. The lowest BCUT2D eigenvalue weighted by atomic mass is 10.1. The zero-order chi connectivity index (χ0) is 13.3. The Morgan fingerprint density at radius 3 is 2.72 bits per heavy atom. The van der Waals surface area contributed by atoms with Gasteiger partial charge < -0.3 is 5.11 Å². The molecule has 0 saturated carbocycles. The van der Waals surface area contributed by atoms with Gasteiger partial charge in [-0.05, 0) is 32.4 Å². The van der Waals surface area contributed by atoms with Crippen LogP contribution in [0.2, 0.25) is 5.02 Å². The topological polar surface area (TPSA) is 38.0 Å². The third-order valence-corrected chi connectivity index (χ3v) is 2.93. The SMILES string of the molecule is Cc1ccc(-c2cnn(CC(C)(C)O)c2)c(Cl)c1. The highest BCUT2D eigenvalue weighted by atomic mass is 35.5. The number of aryl methyl sites for hydroxylation is 1. The molecule has 1 N–H and O–H groups in total. The zero-order valence-electron chi connectivity index (χ0n) is 10.8. The van der Waals surface area contributed by atoms with Crippen molar-refractivity contribution in [2.75, 3.05) is 0 Å². The molecule has 1 aromatic carbocycles. The third kappa shape index (κ3) is 3.12. The van der Waals surface area contributed by atoms with Crippen LogP contribution in [0.15, 0.2) is 30.6 Å². The number of hydrogen-bond acceptors (Lipinski definition) is 2. The van der Waals surface area contributed by atoms with Gasteiger partial charge in [-0.15, -0.1) is 0 Å². The maximum Gasteiger partial charge on any atom is 0.0786 e. The highest BCUT2D eigenvalue weighted by Crippen LogP contribution is 2.28. The summed E-state index contributed by atoms with van der Waals surface area (Å²) in [7, 11) is 0. The van der Waals surface area contributed by atoms with Crippen LogP contribution in [-0.2, 0) is 6.54 Å². The van der Waals surface area contributed by atoms with Gasteiger partial charge in [0.25, 0.3) is 0 Å². The van der Waals surface area contributed by atoms with Crippen LogP contribution in [-0.4, -0.2) is 20.5 Å². The van der Waals surface area contributed by atoms with E-state index in [1.165, 1.54) is 0 Å². The fourth-order valence-electron chi connectivity index (χ4n) is 1.84. The van der Waals surface area contributed by atoms with Crippen molar-refractivity contribution in [3.8, 4) is 11.1 Å². The van der Waals surface area contributed by atoms with E-state index in [-0.39, 0.29) is 0 Å². The molecule has 0 aliphatic heterocycles. The number of rotatable bonds is 3. The van der Waals surface area contributed by atoms with E-state index in [1.807, 2.05) is 31.3 Å². The van der Waals surface area contributed by atoms with Crippen LogP contribution in [0.3, 0.4) is 0 Å². The molecule has 0 unspecified atom stereocenters. The van der Waals surface area contributed by atoms with Crippen molar-refractivity contribution in [2.45, 2.75) is 32.9 Å². The van der Waals surface area contributed by atoms with Crippen LogP contribution in [0.5, 0.6) is 0 Å². The Balaban J connectivity index is 2.29. The molecule has 0 aliphatic carbocycles. The highest BCUT2D eigenvalue weighted by molar-refractivity contribution is 6.33. The number of aromatic nitrogens is 2. The van der Waals surface area contributed by atoms with Crippen molar-refractivity contribution in [3.63, 3.8) is 0 Å². The number of halogens is 1. The fraction of sp³-hybridized carbons (Fsp3) is 0.357. The van der Waals surface area contributed by atoms with Gasteiger partial charge in [0.15, 0.2) is 0 Å². The third-order valence-electron chi connectivity index (χ3n) is 2.62. The molecular weight excluding hydrogens is 248 g/mol. The lowest BCUT2D eigenvalue weighted by Crippen LogP contribution is -2.26. The highest BCUT2D eigenvalue weighted by Gasteiger charge is 2.14. The summed E-state index contributed by atoms with van der Waals surface area (Å²) in [5, 5.41) is 14.7. The number of benzene rings is 1. The average Bonchev–Trinajstić information content (AvgIpc) is 2.63. The Hall–Kier alpha value is -1.32. The van der Waals surface area contributed by atoms with Gasteiger partial charge >= 0.3 is 0 Å². The van der Waals surface area contributed by atoms with E-state index in [4.69, 9.17) is 11.6 Å². The van der Waals surface area contributed by atoms with Crippen LogP contribution in [0.25, 0.3) is 11.1 Å². The molecule has 1 aromatic heterocycles. The first kappa shape index (κ1) is 13.1. The molecule has 1 heterocycles. The Morgan fingerprint density at radius 2 is 2.11 bits per heavy atom. The Morgan fingerprint density at radius 1 is 1.39 bits per heavy atom. The lowest BCUT2D eigenvalue weighted by molar-refractivity contribution is 0.0577. The van der Waals surface area contributed by atoms with Crippen molar-refractivity contribution in [1.82, 2.24) is 9.78 Å². The van der Waals surface area contributed by atoms with E-state index < -0.39 is 5.60 Å². The summed E-state index contributed by atoms with van der Waals surface area (Å²) < 4.78 is 1.73. The standard InChI is InChI=1S/C14H17ClN2O/c1-10-4-5-12(13(15)6-10)11-7-16-17(8-11)9-14(2,3)18/h4-8,18H,9H2,1-3H3. The van der Waals surface area contributed by atoms with Crippen molar-refractivity contribution in [1.29, 1.82) is 0 Å². The number of nitrogens with zero attached hydrogens (tertiary/aromatic N) is 2. The fourth-order valence-corrected chi connectivity index (χ4v) is 2.18. The summed E-state index contributed by atoms with van der Waals surface area (Å²) in [5.41, 5.74) is 2.28. The average molecular weight is 265 g/mol. The largest absolute Gasteiger partial charge is 0.389 e. The molecule has 0 spiro atoms. The Kier molecular flexibility index (Phi) is 3.46. The van der Waals surface area contributed by atoms with Gasteiger partial charge in [-0.1, -0.05) is 23.7 Å². The molecule has 0 atom stereocenters. The van der Waals surface area contributed by atoms with Crippen LogP contribution in [0.4, 0.5) is 0 Å². The second-order valence-electron chi connectivity index (χ2n) is 5.22. The van der Waals surface area contributed by atoms with Gasteiger partial charge in [-0.25, -0.2) is 0 Å². The predicted molar refractivity (Wildman–Crippen MR) is 73.7 cm³/mol. The van der Waals surface area contributed by atoms with Gasteiger partial charge in [-0.2, -0.15) is 5.10 Å². The Labute approximate surface area is 112 Å². The minimum Gasteiger partial charge on any atom is -0.389 e.